The molecule has 3 rings (SSSR count). The second-order valence-corrected chi connectivity index (χ2v) is 3.38. The lowest BCUT2D eigenvalue weighted by atomic mass is 10.3. The van der Waals surface area contributed by atoms with Gasteiger partial charge in [-0.3, -0.25) is 5.10 Å². The Bertz CT molecular complexity index is 462. The van der Waals surface area contributed by atoms with Crippen molar-refractivity contribution >= 4 is 16.9 Å². The van der Waals surface area contributed by atoms with Crippen molar-refractivity contribution in [2.75, 3.05) is 31.2 Å². The number of aromatic amines is 1. The van der Waals surface area contributed by atoms with Gasteiger partial charge in [-0.05, 0) is 0 Å². The number of morpholine rings is 1. The van der Waals surface area contributed by atoms with Gasteiger partial charge in [0.05, 0.1) is 24.8 Å². The highest BCUT2D eigenvalue weighted by Gasteiger charge is 2.16. The van der Waals surface area contributed by atoms with E-state index in [1.54, 1.807) is 6.20 Å². The zero-order chi connectivity index (χ0) is 10.1. The molecule has 0 atom stereocenters. The number of rotatable bonds is 1. The van der Waals surface area contributed by atoms with Gasteiger partial charge < -0.3 is 9.64 Å². The summed E-state index contributed by atoms with van der Waals surface area (Å²) in [5, 5.41) is 7.70. The molecule has 2 aromatic heterocycles. The molecular formula is C9H10N5O. The second kappa shape index (κ2) is 3.47. The summed E-state index contributed by atoms with van der Waals surface area (Å²) >= 11 is 0. The fraction of sp³-hybridized carbons (Fsp3) is 0.444. The predicted octanol–water partition coefficient (Wildman–Crippen LogP) is -0.0103. The minimum Gasteiger partial charge on any atom is -0.378 e. The van der Waals surface area contributed by atoms with Crippen LogP contribution >= 0.6 is 0 Å². The molecule has 1 fully saturated rings. The quantitative estimate of drug-likeness (QED) is 0.707. The van der Waals surface area contributed by atoms with E-state index in [1.807, 2.05) is 0 Å². The number of ether oxygens (including phenoxy) is 1. The maximum atomic E-state index is 5.30. The van der Waals surface area contributed by atoms with E-state index in [9.17, 15) is 0 Å². The molecule has 0 amide bonds. The molecule has 2 aromatic rings. The monoisotopic (exact) mass is 204 g/mol. The Morgan fingerprint density at radius 1 is 1.33 bits per heavy atom. The topological polar surface area (TPSA) is 66.9 Å². The van der Waals surface area contributed by atoms with Crippen molar-refractivity contribution in [3.05, 3.63) is 12.5 Å². The number of nitrogens with zero attached hydrogens (tertiary/aromatic N) is 4. The number of nitrogens with one attached hydrogen (secondary N) is 1. The van der Waals surface area contributed by atoms with E-state index in [-0.39, 0.29) is 0 Å². The number of hydrogen-bond donors (Lipinski definition) is 1. The SMILES string of the molecule is [c]1nc(N2CCOCC2)c2cn[nH]c2n1. The molecule has 3 heterocycles. The van der Waals surface area contributed by atoms with Gasteiger partial charge in [-0.2, -0.15) is 5.10 Å². The maximum absolute atomic E-state index is 5.30. The molecule has 0 unspecified atom stereocenters. The summed E-state index contributed by atoms with van der Waals surface area (Å²) in [7, 11) is 0. The van der Waals surface area contributed by atoms with Crippen LogP contribution in [-0.2, 0) is 4.74 Å². The molecule has 0 saturated carbocycles. The molecule has 1 radical (unpaired) electrons. The molecular weight excluding hydrogens is 194 g/mol. The van der Waals surface area contributed by atoms with Gasteiger partial charge in [0.2, 0.25) is 6.33 Å². The van der Waals surface area contributed by atoms with E-state index < -0.39 is 0 Å². The second-order valence-electron chi connectivity index (χ2n) is 3.38. The minimum atomic E-state index is 0.728. The van der Waals surface area contributed by atoms with Crippen LogP contribution in [0.5, 0.6) is 0 Å². The van der Waals surface area contributed by atoms with Crippen LogP contribution < -0.4 is 4.90 Å². The van der Waals surface area contributed by atoms with Crippen LogP contribution in [0, 0.1) is 6.33 Å². The number of hydrogen-bond acceptors (Lipinski definition) is 5. The Morgan fingerprint density at radius 2 is 2.20 bits per heavy atom. The lowest BCUT2D eigenvalue weighted by Crippen LogP contribution is -2.36. The van der Waals surface area contributed by atoms with Crippen LogP contribution in [0.1, 0.15) is 0 Å². The van der Waals surface area contributed by atoms with Gasteiger partial charge in [0.1, 0.15) is 5.82 Å². The highest BCUT2D eigenvalue weighted by Crippen LogP contribution is 2.21. The minimum absolute atomic E-state index is 0.728. The Labute approximate surface area is 86.3 Å². The largest absolute Gasteiger partial charge is 0.378 e. The van der Waals surface area contributed by atoms with Crippen molar-refractivity contribution in [2.45, 2.75) is 0 Å². The number of fused-ring (bicyclic) bond motifs is 1. The van der Waals surface area contributed by atoms with Crippen LogP contribution in [-0.4, -0.2) is 46.5 Å². The molecule has 1 aliphatic heterocycles. The third-order valence-corrected chi connectivity index (χ3v) is 2.49. The van der Waals surface area contributed by atoms with Gasteiger partial charge in [-0.1, -0.05) is 0 Å². The fourth-order valence-electron chi connectivity index (χ4n) is 1.73. The predicted molar refractivity (Wildman–Crippen MR) is 53.6 cm³/mol. The third kappa shape index (κ3) is 1.42. The normalized spacial score (nSPS) is 17.2. The summed E-state index contributed by atoms with van der Waals surface area (Å²) in [6.45, 7) is 3.18. The molecule has 1 N–H and O–H groups in total. The molecule has 6 nitrogen and oxygen atoms in total. The van der Waals surface area contributed by atoms with Crippen LogP contribution in [0.25, 0.3) is 11.0 Å². The third-order valence-electron chi connectivity index (χ3n) is 2.49. The lowest BCUT2D eigenvalue weighted by Gasteiger charge is -2.27. The molecule has 0 aliphatic carbocycles. The van der Waals surface area contributed by atoms with E-state index >= 15 is 0 Å². The zero-order valence-corrected chi connectivity index (χ0v) is 8.10. The smallest absolute Gasteiger partial charge is 0.201 e. The summed E-state index contributed by atoms with van der Waals surface area (Å²) in [6, 6.07) is 0. The summed E-state index contributed by atoms with van der Waals surface area (Å²) in [5.74, 6) is 0.886. The highest BCUT2D eigenvalue weighted by atomic mass is 16.5. The Hall–Kier alpha value is -1.69. The fourth-order valence-corrected chi connectivity index (χ4v) is 1.73. The van der Waals surface area contributed by atoms with Crippen LogP contribution in [0.2, 0.25) is 0 Å². The van der Waals surface area contributed by atoms with E-state index in [2.05, 4.69) is 31.4 Å². The molecule has 0 bridgehead atoms. The molecule has 1 saturated heterocycles. The van der Waals surface area contributed by atoms with Crippen molar-refractivity contribution in [2.24, 2.45) is 0 Å². The van der Waals surface area contributed by atoms with Gasteiger partial charge in [0, 0.05) is 13.1 Å². The van der Waals surface area contributed by atoms with Crippen molar-refractivity contribution in [3.8, 4) is 0 Å². The van der Waals surface area contributed by atoms with Crippen LogP contribution in [0.4, 0.5) is 5.82 Å². The number of aromatic nitrogens is 4. The summed E-state index contributed by atoms with van der Waals surface area (Å²) in [5.41, 5.74) is 0.728. The first kappa shape index (κ1) is 8.60. The maximum Gasteiger partial charge on any atom is 0.201 e. The molecule has 15 heavy (non-hydrogen) atoms. The first-order valence-electron chi connectivity index (χ1n) is 4.85. The number of anilines is 1. The summed E-state index contributed by atoms with van der Waals surface area (Å²) < 4.78 is 5.30. The van der Waals surface area contributed by atoms with E-state index in [0.29, 0.717) is 0 Å². The van der Waals surface area contributed by atoms with E-state index in [0.717, 1.165) is 43.2 Å². The Morgan fingerprint density at radius 3 is 3.07 bits per heavy atom. The molecule has 0 aromatic carbocycles. The zero-order valence-electron chi connectivity index (χ0n) is 8.10. The van der Waals surface area contributed by atoms with Crippen molar-refractivity contribution in [1.29, 1.82) is 0 Å². The van der Waals surface area contributed by atoms with Crippen molar-refractivity contribution in [3.63, 3.8) is 0 Å². The molecule has 77 valence electrons. The van der Waals surface area contributed by atoms with Gasteiger partial charge in [0.15, 0.2) is 5.65 Å². The highest BCUT2D eigenvalue weighted by molar-refractivity contribution is 5.86. The summed E-state index contributed by atoms with van der Waals surface area (Å²) in [6.07, 6.45) is 4.38. The first-order chi connectivity index (χ1) is 7.45. The average Bonchev–Trinajstić information content (AvgIpc) is 2.78. The summed E-state index contributed by atoms with van der Waals surface area (Å²) in [4.78, 5) is 10.3. The van der Waals surface area contributed by atoms with Crippen molar-refractivity contribution in [1.82, 2.24) is 20.2 Å². The van der Waals surface area contributed by atoms with Gasteiger partial charge in [0.25, 0.3) is 0 Å². The molecule has 1 aliphatic rings. The number of H-pyrrole nitrogens is 1. The van der Waals surface area contributed by atoms with Crippen LogP contribution in [0.15, 0.2) is 6.20 Å². The van der Waals surface area contributed by atoms with E-state index in [4.69, 9.17) is 4.74 Å². The molecule has 6 heteroatoms. The first-order valence-corrected chi connectivity index (χ1v) is 4.85. The van der Waals surface area contributed by atoms with Gasteiger partial charge >= 0.3 is 0 Å². The van der Waals surface area contributed by atoms with Gasteiger partial charge in [-0.25, -0.2) is 9.97 Å². The van der Waals surface area contributed by atoms with Gasteiger partial charge in [-0.15, -0.1) is 0 Å². The molecule has 0 spiro atoms. The Balaban J connectivity index is 2.05. The Kier molecular flexibility index (Phi) is 1.99. The van der Waals surface area contributed by atoms with Crippen molar-refractivity contribution < 1.29 is 4.74 Å². The average molecular weight is 204 g/mol. The lowest BCUT2D eigenvalue weighted by molar-refractivity contribution is 0.122. The van der Waals surface area contributed by atoms with Crippen LogP contribution in [0.3, 0.4) is 0 Å². The standard InChI is InChI=1S/C9H10N5O/c1-3-15-4-2-14(1)9-7-5-12-13-8(7)10-6-11-9/h5H,1-4H2,(H,10,11,12,13). The van der Waals surface area contributed by atoms with E-state index in [1.165, 1.54) is 0 Å².